The SMILES string of the molecule is O=C(Nc1ccc2nccnc2c1Br)C(F)F. The molecule has 0 fully saturated rings. The predicted molar refractivity (Wildman–Crippen MR) is 61.9 cm³/mol. The summed E-state index contributed by atoms with van der Waals surface area (Å²) < 4.78 is 24.6. The maximum atomic E-state index is 12.1. The lowest BCUT2D eigenvalue weighted by Gasteiger charge is -2.08. The van der Waals surface area contributed by atoms with Gasteiger partial charge in [-0.1, -0.05) is 0 Å². The molecule has 0 aliphatic rings. The number of benzene rings is 1. The largest absolute Gasteiger partial charge is 0.320 e. The van der Waals surface area contributed by atoms with E-state index in [1.54, 1.807) is 6.07 Å². The Labute approximate surface area is 103 Å². The molecule has 2 rings (SSSR count). The summed E-state index contributed by atoms with van der Waals surface area (Å²) >= 11 is 3.20. The summed E-state index contributed by atoms with van der Waals surface area (Å²) in [6, 6.07) is 3.08. The van der Waals surface area contributed by atoms with Gasteiger partial charge in [0.2, 0.25) is 0 Å². The molecule has 1 N–H and O–H groups in total. The zero-order chi connectivity index (χ0) is 12.4. The van der Waals surface area contributed by atoms with Crippen LogP contribution >= 0.6 is 15.9 Å². The second-order valence-corrected chi connectivity index (χ2v) is 3.93. The molecule has 0 saturated carbocycles. The lowest BCUT2D eigenvalue weighted by atomic mass is 10.2. The third-order valence-electron chi connectivity index (χ3n) is 2.03. The molecule has 4 nitrogen and oxygen atoms in total. The quantitative estimate of drug-likeness (QED) is 0.927. The van der Waals surface area contributed by atoms with Gasteiger partial charge in [0.05, 0.1) is 15.7 Å². The number of anilines is 1. The molecule has 7 heteroatoms. The van der Waals surface area contributed by atoms with E-state index in [9.17, 15) is 13.6 Å². The molecule has 17 heavy (non-hydrogen) atoms. The van der Waals surface area contributed by atoms with Crippen LogP contribution in [0.1, 0.15) is 0 Å². The van der Waals surface area contributed by atoms with Gasteiger partial charge >= 0.3 is 6.43 Å². The summed E-state index contributed by atoms with van der Waals surface area (Å²) in [7, 11) is 0. The molecule has 1 heterocycles. The van der Waals surface area contributed by atoms with Crippen molar-refractivity contribution in [1.29, 1.82) is 0 Å². The first-order valence-corrected chi connectivity index (χ1v) is 5.37. The molecule has 0 atom stereocenters. The predicted octanol–water partition coefficient (Wildman–Crippen LogP) is 2.60. The van der Waals surface area contributed by atoms with Crippen molar-refractivity contribution in [2.45, 2.75) is 6.43 Å². The Morgan fingerprint density at radius 1 is 1.29 bits per heavy atom. The highest BCUT2D eigenvalue weighted by Crippen LogP contribution is 2.29. The van der Waals surface area contributed by atoms with Crippen LogP contribution in [0.25, 0.3) is 11.0 Å². The molecule has 1 aromatic carbocycles. The third-order valence-corrected chi connectivity index (χ3v) is 2.84. The van der Waals surface area contributed by atoms with Crippen molar-refractivity contribution >= 4 is 38.6 Å². The van der Waals surface area contributed by atoms with Crippen LogP contribution in [0, 0.1) is 0 Å². The number of fused-ring (bicyclic) bond motifs is 1. The first-order valence-electron chi connectivity index (χ1n) is 4.58. The van der Waals surface area contributed by atoms with Crippen molar-refractivity contribution in [3.05, 3.63) is 29.0 Å². The van der Waals surface area contributed by atoms with E-state index in [0.29, 0.717) is 15.5 Å². The Kier molecular flexibility index (Phi) is 3.28. The van der Waals surface area contributed by atoms with Gasteiger partial charge in [-0.3, -0.25) is 14.8 Å². The summed E-state index contributed by atoms with van der Waals surface area (Å²) in [5, 5.41) is 2.10. The van der Waals surface area contributed by atoms with Crippen LogP contribution in [0.4, 0.5) is 14.5 Å². The molecule has 0 bridgehead atoms. The normalized spacial score (nSPS) is 10.8. The van der Waals surface area contributed by atoms with E-state index in [-0.39, 0.29) is 5.69 Å². The lowest BCUT2D eigenvalue weighted by Crippen LogP contribution is -2.20. The summed E-state index contributed by atoms with van der Waals surface area (Å²) in [5.41, 5.74) is 1.34. The van der Waals surface area contributed by atoms with E-state index in [1.807, 2.05) is 0 Å². The molecule has 1 aromatic heterocycles. The number of alkyl halides is 2. The minimum atomic E-state index is -3.06. The van der Waals surface area contributed by atoms with Crippen molar-refractivity contribution in [3.63, 3.8) is 0 Å². The monoisotopic (exact) mass is 301 g/mol. The van der Waals surface area contributed by atoms with E-state index in [2.05, 4.69) is 31.2 Å². The molecule has 0 radical (unpaired) electrons. The van der Waals surface area contributed by atoms with Crippen molar-refractivity contribution in [3.8, 4) is 0 Å². The topological polar surface area (TPSA) is 54.9 Å². The van der Waals surface area contributed by atoms with Crippen molar-refractivity contribution in [1.82, 2.24) is 9.97 Å². The number of halogens is 3. The molecule has 0 aliphatic heterocycles. The molecule has 0 aliphatic carbocycles. The number of aromatic nitrogens is 2. The van der Waals surface area contributed by atoms with E-state index in [0.717, 1.165) is 0 Å². The standard InChI is InChI=1S/C10H6BrF2N3O/c11-7-5(16-10(17)9(12)13)1-2-6-8(7)15-4-3-14-6/h1-4,9H,(H,16,17). The lowest BCUT2D eigenvalue weighted by molar-refractivity contribution is -0.126. The fraction of sp³-hybridized carbons (Fsp3) is 0.100. The van der Waals surface area contributed by atoms with Gasteiger partial charge in [-0.25, -0.2) is 0 Å². The first-order chi connectivity index (χ1) is 8.09. The summed E-state index contributed by atoms with van der Waals surface area (Å²) in [4.78, 5) is 19.0. The Balaban J connectivity index is 2.43. The number of nitrogens with one attached hydrogen (secondary N) is 1. The zero-order valence-electron chi connectivity index (χ0n) is 8.32. The van der Waals surface area contributed by atoms with Gasteiger partial charge in [0.15, 0.2) is 0 Å². The fourth-order valence-electron chi connectivity index (χ4n) is 1.29. The molecule has 0 saturated heterocycles. The molecule has 1 amide bonds. The first kappa shape index (κ1) is 11.8. The van der Waals surface area contributed by atoms with E-state index >= 15 is 0 Å². The van der Waals surface area contributed by atoms with Crippen LogP contribution in [-0.2, 0) is 4.79 Å². The van der Waals surface area contributed by atoms with Gasteiger partial charge < -0.3 is 5.32 Å². The Hall–Kier alpha value is -1.63. The zero-order valence-corrected chi connectivity index (χ0v) is 9.91. The second-order valence-electron chi connectivity index (χ2n) is 3.14. The highest BCUT2D eigenvalue weighted by molar-refractivity contribution is 9.10. The highest BCUT2D eigenvalue weighted by Gasteiger charge is 2.17. The number of rotatable bonds is 2. The van der Waals surface area contributed by atoms with Gasteiger partial charge in [-0.05, 0) is 28.1 Å². The van der Waals surface area contributed by atoms with E-state index in [4.69, 9.17) is 0 Å². The van der Waals surface area contributed by atoms with Crippen molar-refractivity contribution in [2.75, 3.05) is 5.32 Å². The van der Waals surface area contributed by atoms with Crippen LogP contribution in [0.5, 0.6) is 0 Å². The fourth-order valence-corrected chi connectivity index (χ4v) is 1.82. The molecular formula is C10H6BrF2N3O. The van der Waals surface area contributed by atoms with E-state index < -0.39 is 12.3 Å². The summed E-state index contributed by atoms with van der Waals surface area (Å²) in [6.07, 6.45) is -0.0581. The Morgan fingerprint density at radius 2 is 2.00 bits per heavy atom. The number of carbonyl (C=O) groups is 1. The average molecular weight is 302 g/mol. The van der Waals surface area contributed by atoms with Gasteiger partial charge in [0.1, 0.15) is 5.52 Å². The van der Waals surface area contributed by atoms with Gasteiger partial charge in [0, 0.05) is 12.4 Å². The van der Waals surface area contributed by atoms with Crippen LogP contribution < -0.4 is 5.32 Å². The number of hydrogen-bond acceptors (Lipinski definition) is 3. The number of hydrogen-bond donors (Lipinski definition) is 1. The van der Waals surface area contributed by atoms with Gasteiger partial charge in [0.25, 0.3) is 5.91 Å². The molecule has 0 unspecified atom stereocenters. The molecule has 2 aromatic rings. The minimum Gasteiger partial charge on any atom is -0.320 e. The molecule has 88 valence electrons. The number of carbonyl (C=O) groups excluding carboxylic acids is 1. The maximum Gasteiger partial charge on any atom is 0.315 e. The second kappa shape index (κ2) is 4.70. The number of nitrogens with zero attached hydrogens (tertiary/aromatic N) is 2. The molecular weight excluding hydrogens is 296 g/mol. The minimum absolute atomic E-state index is 0.239. The summed E-state index contributed by atoms with van der Waals surface area (Å²) in [5.74, 6) is -1.35. The highest BCUT2D eigenvalue weighted by atomic mass is 79.9. The van der Waals surface area contributed by atoms with Crippen LogP contribution in [0.3, 0.4) is 0 Å². The van der Waals surface area contributed by atoms with Crippen LogP contribution in [-0.4, -0.2) is 22.3 Å². The molecule has 0 spiro atoms. The third kappa shape index (κ3) is 2.38. The van der Waals surface area contributed by atoms with Crippen LogP contribution in [0.2, 0.25) is 0 Å². The van der Waals surface area contributed by atoms with Crippen molar-refractivity contribution in [2.24, 2.45) is 0 Å². The smallest absolute Gasteiger partial charge is 0.315 e. The van der Waals surface area contributed by atoms with Crippen LogP contribution in [0.15, 0.2) is 29.0 Å². The Bertz CT molecular complexity index is 576. The Morgan fingerprint density at radius 3 is 2.71 bits per heavy atom. The van der Waals surface area contributed by atoms with Gasteiger partial charge in [-0.15, -0.1) is 0 Å². The average Bonchev–Trinajstić information content (AvgIpc) is 2.33. The van der Waals surface area contributed by atoms with Gasteiger partial charge in [-0.2, -0.15) is 8.78 Å². The van der Waals surface area contributed by atoms with E-state index in [1.165, 1.54) is 18.5 Å². The maximum absolute atomic E-state index is 12.1. The summed E-state index contributed by atoms with van der Waals surface area (Å²) in [6.45, 7) is 0. The number of amides is 1. The van der Waals surface area contributed by atoms with Crippen molar-refractivity contribution < 1.29 is 13.6 Å².